The third kappa shape index (κ3) is 10.1. The Labute approximate surface area is 67.2 Å². The van der Waals surface area contributed by atoms with Crippen molar-refractivity contribution in [2.45, 2.75) is 26.3 Å². The van der Waals surface area contributed by atoms with Crippen molar-refractivity contribution in [3.05, 3.63) is 0 Å². The van der Waals surface area contributed by atoms with Crippen LogP contribution in [-0.4, -0.2) is 23.1 Å². The minimum absolute atomic E-state index is 0.102. The molecule has 0 aliphatic rings. The van der Waals surface area contributed by atoms with Gasteiger partial charge in [-0.05, 0) is 20.8 Å². The van der Waals surface area contributed by atoms with Crippen molar-refractivity contribution in [3.63, 3.8) is 0 Å². The van der Waals surface area contributed by atoms with E-state index in [2.05, 4.69) is 5.32 Å². The normalized spacial score (nSPS) is 17.9. The predicted molar refractivity (Wildman–Crippen MR) is 42.4 cm³/mol. The van der Waals surface area contributed by atoms with Crippen molar-refractivity contribution in [1.82, 2.24) is 5.32 Å². The van der Waals surface area contributed by atoms with E-state index in [-0.39, 0.29) is 11.7 Å². The second-order valence-corrected chi connectivity index (χ2v) is 5.26. The van der Waals surface area contributed by atoms with Crippen LogP contribution in [0.1, 0.15) is 20.8 Å². The fourth-order valence-corrected chi connectivity index (χ4v) is 0.967. The van der Waals surface area contributed by atoms with Gasteiger partial charge in [-0.15, -0.1) is 0 Å². The minimum atomic E-state index is -4.06. The third-order valence-electron chi connectivity index (χ3n) is 1.05. The summed E-state index contributed by atoms with van der Waals surface area (Å²) in [5.74, 6) is 0. The van der Waals surface area contributed by atoms with Crippen molar-refractivity contribution in [1.29, 1.82) is 0 Å². The SMILES string of the molecule is CC(C)(C)NCCP(=O)([O-])O. The Morgan fingerprint density at radius 1 is 1.55 bits per heavy atom. The zero-order valence-corrected chi connectivity index (χ0v) is 8.02. The molecule has 0 amide bonds. The van der Waals surface area contributed by atoms with Gasteiger partial charge in [-0.3, -0.25) is 0 Å². The zero-order valence-electron chi connectivity index (χ0n) is 7.13. The summed E-state index contributed by atoms with van der Waals surface area (Å²) in [6.07, 6.45) is -0.204. The molecular formula is C6H15NO3P-. The average Bonchev–Trinajstić information content (AvgIpc) is 1.55. The Morgan fingerprint density at radius 2 is 2.00 bits per heavy atom. The van der Waals surface area contributed by atoms with Gasteiger partial charge in [-0.25, -0.2) is 0 Å². The number of hydrogen-bond donors (Lipinski definition) is 2. The summed E-state index contributed by atoms with van der Waals surface area (Å²) in [5, 5.41) is 2.95. The van der Waals surface area contributed by atoms with E-state index in [0.717, 1.165) is 0 Å². The molecule has 0 bridgehead atoms. The topological polar surface area (TPSA) is 72.4 Å². The van der Waals surface area contributed by atoms with E-state index in [4.69, 9.17) is 4.89 Å². The maximum absolute atomic E-state index is 10.3. The van der Waals surface area contributed by atoms with Crippen LogP contribution in [0.5, 0.6) is 0 Å². The molecule has 2 N–H and O–H groups in total. The van der Waals surface area contributed by atoms with Gasteiger partial charge in [0.1, 0.15) is 7.60 Å². The van der Waals surface area contributed by atoms with E-state index in [0.29, 0.717) is 6.54 Å². The van der Waals surface area contributed by atoms with Gasteiger partial charge in [0.2, 0.25) is 0 Å². The summed E-state index contributed by atoms with van der Waals surface area (Å²) in [5.41, 5.74) is -0.102. The van der Waals surface area contributed by atoms with Crippen LogP contribution in [0, 0.1) is 0 Å². The summed E-state index contributed by atoms with van der Waals surface area (Å²) < 4.78 is 10.3. The molecule has 0 spiro atoms. The summed E-state index contributed by atoms with van der Waals surface area (Å²) in [6.45, 7) is 6.08. The van der Waals surface area contributed by atoms with Crippen LogP contribution in [0.25, 0.3) is 0 Å². The van der Waals surface area contributed by atoms with Crippen molar-refractivity contribution in [3.8, 4) is 0 Å². The van der Waals surface area contributed by atoms with Gasteiger partial charge >= 0.3 is 0 Å². The van der Waals surface area contributed by atoms with Crippen LogP contribution in [0.2, 0.25) is 0 Å². The zero-order chi connectivity index (χ0) is 9.12. The standard InChI is InChI=1S/C6H16NO3P/c1-6(2,3)7-4-5-11(8,9)10/h7H,4-5H2,1-3H3,(H2,8,9,10)/p-1. The highest BCUT2D eigenvalue weighted by Crippen LogP contribution is 2.27. The van der Waals surface area contributed by atoms with E-state index in [1.54, 1.807) is 0 Å². The quantitative estimate of drug-likeness (QED) is 0.596. The highest BCUT2D eigenvalue weighted by atomic mass is 31.2. The lowest BCUT2D eigenvalue weighted by molar-refractivity contribution is -0.193. The summed E-state index contributed by atoms with van der Waals surface area (Å²) >= 11 is 0. The predicted octanol–water partition coefficient (Wildman–Crippen LogP) is -0.0798. The van der Waals surface area contributed by atoms with Gasteiger partial charge in [0.05, 0.1) is 0 Å². The lowest BCUT2D eigenvalue weighted by Gasteiger charge is -2.23. The molecule has 0 saturated carbocycles. The van der Waals surface area contributed by atoms with Gasteiger partial charge in [0.25, 0.3) is 0 Å². The molecule has 0 rings (SSSR count). The first-order valence-electron chi connectivity index (χ1n) is 3.48. The highest BCUT2D eigenvalue weighted by molar-refractivity contribution is 7.50. The third-order valence-corrected chi connectivity index (χ3v) is 1.84. The molecule has 0 radical (unpaired) electrons. The molecule has 0 aromatic carbocycles. The van der Waals surface area contributed by atoms with Gasteiger partial charge in [-0.1, -0.05) is 0 Å². The number of hydrogen-bond acceptors (Lipinski definition) is 3. The Hall–Kier alpha value is 0.110. The molecule has 0 saturated heterocycles. The Bertz CT molecular complexity index is 158. The van der Waals surface area contributed by atoms with E-state index in [1.807, 2.05) is 20.8 Å². The minimum Gasteiger partial charge on any atom is -0.779 e. The molecule has 0 aliphatic carbocycles. The fourth-order valence-electron chi connectivity index (χ4n) is 0.572. The fraction of sp³-hybridized carbons (Fsp3) is 1.00. The van der Waals surface area contributed by atoms with Crippen molar-refractivity contribution >= 4 is 7.60 Å². The van der Waals surface area contributed by atoms with Gasteiger partial charge < -0.3 is 19.7 Å². The summed E-state index contributed by atoms with van der Waals surface area (Å²) in [4.78, 5) is 18.6. The monoisotopic (exact) mass is 180 g/mol. The maximum Gasteiger partial charge on any atom is 0.133 e. The van der Waals surface area contributed by atoms with Crippen LogP contribution in [-0.2, 0) is 4.57 Å². The van der Waals surface area contributed by atoms with Gasteiger partial charge in [-0.2, -0.15) is 0 Å². The number of rotatable bonds is 3. The Kier molecular flexibility index (Phi) is 3.71. The van der Waals surface area contributed by atoms with E-state index < -0.39 is 7.60 Å². The molecule has 0 aromatic heterocycles. The van der Waals surface area contributed by atoms with Crippen molar-refractivity contribution < 1.29 is 14.4 Å². The molecule has 68 valence electrons. The molecule has 0 aliphatic heterocycles. The lowest BCUT2D eigenvalue weighted by atomic mass is 10.1. The van der Waals surface area contributed by atoms with Crippen molar-refractivity contribution in [2.75, 3.05) is 12.7 Å². The first-order valence-corrected chi connectivity index (χ1v) is 5.25. The average molecular weight is 180 g/mol. The van der Waals surface area contributed by atoms with Crippen LogP contribution in [0.4, 0.5) is 0 Å². The first kappa shape index (κ1) is 11.1. The van der Waals surface area contributed by atoms with Crippen molar-refractivity contribution in [2.24, 2.45) is 0 Å². The van der Waals surface area contributed by atoms with Gasteiger partial charge in [0, 0.05) is 18.2 Å². The maximum atomic E-state index is 10.3. The second-order valence-electron chi connectivity index (χ2n) is 3.54. The molecule has 0 fully saturated rings. The Morgan fingerprint density at radius 3 is 2.27 bits per heavy atom. The molecule has 0 aromatic rings. The first-order chi connectivity index (χ1) is 4.71. The molecular weight excluding hydrogens is 165 g/mol. The van der Waals surface area contributed by atoms with Crippen LogP contribution in [0.15, 0.2) is 0 Å². The lowest BCUT2D eigenvalue weighted by Crippen LogP contribution is -2.38. The Balaban J connectivity index is 3.52. The molecule has 1 atom stereocenters. The molecule has 1 unspecified atom stereocenters. The molecule has 11 heavy (non-hydrogen) atoms. The summed E-state index contributed by atoms with van der Waals surface area (Å²) in [6, 6.07) is 0. The molecule has 4 nitrogen and oxygen atoms in total. The van der Waals surface area contributed by atoms with E-state index >= 15 is 0 Å². The van der Waals surface area contributed by atoms with Crippen LogP contribution in [0.3, 0.4) is 0 Å². The van der Waals surface area contributed by atoms with E-state index in [9.17, 15) is 9.46 Å². The second kappa shape index (κ2) is 3.68. The van der Waals surface area contributed by atoms with E-state index in [1.165, 1.54) is 0 Å². The highest BCUT2D eigenvalue weighted by Gasteiger charge is 2.09. The molecule has 5 heteroatoms. The smallest absolute Gasteiger partial charge is 0.133 e. The molecule has 0 heterocycles. The summed E-state index contributed by atoms with van der Waals surface area (Å²) in [7, 11) is -4.06. The number of nitrogens with one attached hydrogen (secondary N) is 1. The van der Waals surface area contributed by atoms with Crippen LogP contribution >= 0.6 is 7.60 Å². The van der Waals surface area contributed by atoms with Crippen LogP contribution < -0.4 is 10.2 Å². The largest absolute Gasteiger partial charge is 0.779 e. The van der Waals surface area contributed by atoms with Gasteiger partial charge in [0.15, 0.2) is 0 Å².